The van der Waals surface area contributed by atoms with Crippen molar-refractivity contribution in [1.82, 2.24) is 9.97 Å². The Morgan fingerprint density at radius 3 is 2.72 bits per heavy atom. The fourth-order valence-corrected chi connectivity index (χ4v) is 3.99. The molecule has 0 aliphatic heterocycles. The molecule has 0 saturated heterocycles. The summed E-state index contributed by atoms with van der Waals surface area (Å²) in [6, 6.07) is 12.2. The van der Waals surface area contributed by atoms with Gasteiger partial charge in [0.15, 0.2) is 0 Å². The Kier molecular flexibility index (Phi) is 5.42. The van der Waals surface area contributed by atoms with Crippen LogP contribution in [0.1, 0.15) is 40.2 Å². The SMILES string of the molecule is CN(c1ccncc1)c1ccc2c(c1)CCC[C@H]2CNc1cnccc1C(=O)O. The molecule has 0 spiro atoms. The van der Waals surface area contributed by atoms with E-state index in [1.54, 1.807) is 18.6 Å². The molecule has 1 aliphatic rings. The lowest BCUT2D eigenvalue weighted by Gasteiger charge is -2.28. The Hall–Kier alpha value is -3.41. The fraction of sp³-hybridized carbons (Fsp3) is 0.261. The number of carboxylic acid groups (broad SMARTS) is 1. The molecule has 1 aliphatic carbocycles. The highest BCUT2D eigenvalue weighted by Gasteiger charge is 2.22. The maximum Gasteiger partial charge on any atom is 0.337 e. The van der Waals surface area contributed by atoms with Crippen molar-refractivity contribution in [2.45, 2.75) is 25.2 Å². The quantitative estimate of drug-likeness (QED) is 0.648. The molecule has 2 aromatic heterocycles. The number of carboxylic acids is 1. The number of anilines is 3. The van der Waals surface area contributed by atoms with Gasteiger partial charge in [0.2, 0.25) is 0 Å². The zero-order valence-corrected chi connectivity index (χ0v) is 16.4. The van der Waals surface area contributed by atoms with Crippen LogP contribution in [-0.4, -0.2) is 34.6 Å². The summed E-state index contributed by atoms with van der Waals surface area (Å²) in [5.74, 6) is -0.594. The molecule has 29 heavy (non-hydrogen) atoms. The second-order valence-corrected chi connectivity index (χ2v) is 7.34. The fourth-order valence-electron chi connectivity index (χ4n) is 3.99. The summed E-state index contributed by atoms with van der Waals surface area (Å²) >= 11 is 0. The number of nitrogens with zero attached hydrogens (tertiary/aromatic N) is 3. The minimum atomic E-state index is -0.942. The number of benzene rings is 1. The molecule has 2 heterocycles. The van der Waals surface area contributed by atoms with Crippen LogP contribution < -0.4 is 10.2 Å². The number of hydrogen-bond acceptors (Lipinski definition) is 5. The summed E-state index contributed by atoms with van der Waals surface area (Å²) in [4.78, 5) is 21.7. The zero-order valence-electron chi connectivity index (χ0n) is 16.4. The summed E-state index contributed by atoms with van der Waals surface area (Å²) in [6.07, 6.45) is 9.97. The smallest absolute Gasteiger partial charge is 0.337 e. The van der Waals surface area contributed by atoms with Crippen molar-refractivity contribution in [2.24, 2.45) is 0 Å². The lowest BCUT2D eigenvalue weighted by molar-refractivity contribution is 0.0698. The molecule has 1 aromatic carbocycles. The molecule has 6 nitrogen and oxygen atoms in total. The van der Waals surface area contributed by atoms with E-state index in [1.807, 2.05) is 12.1 Å². The molecule has 0 saturated carbocycles. The van der Waals surface area contributed by atoms with E-state index < -0.39 is 5.97 Å². The second kappa shape index (κ2) is 8.31. The molecule has 4 rings (SSSR count). The number of rotatable bonds is 6. The van der Waals surface area contributed by atoms with Crippen molar-refractivity contribution in [3.8, 4) is 0 Å². The Morgan fingerprint density at radius 2 is 1.93 bits per heavy atom. The number of nitrogens with one attached hydrogen (secondary N) is 1. The van der Waals surface area contributed by atoms with Crippen LogP contribution in [0.15, 0.2) is 61.2 Å². The average molecular weight is 388 g/mol. The Labute approximate surface area is 170 Å². The summed E-state index contributed by atoms with van der Waals surface area (Å²) in [5, 5.41) is 12.7. The van der Waals surface area contributed by atoms with E-state index in [0.717, 1.165) is 30.6 Å². The van der Waals surface area contributed by atoms with E-state index in [0.29, 0.717) is 18.2 Å². The Morgan fingerprint density at radius 1 is 1.14 bits per heavy atom. The average Bonchev–Trinajstić information content (AvgIpc) is 2.77. The first-order valence-electron chi connectivity index (χ1n) is 9.81. The van der Waals surface area contributed by atoms with Crippen molar-refractivity contribution in [1.29, 1.82) is 0 Å². The Balaban J connectivity index is 1.53. The second-order valence-electron chi connectivity index (χ2n) is 7.34. The van der Waals surface area contributed by atoms with Gasteiger partial charge in [-0.3, -0.25) is 9.97 Å². The first-order chi connectivity index (χ1) is 14.1. The Bertz CT molecular complexity index is 1010. The van der Waals surface area contributed by atoms with Crippen molar-refractivity contribution in [2.75, 3.05) is 23.8 Å². The van der Waals surface area contributed by atoms with Crippen LogP contribution in [0.2, 0.25) is 0 Å². The standard InChI is InChI=1S/C23H24N4O2/c1-27(18-7-10-24-11-8-18)19-5-6-20-16(13-19)3-2-4-17(20)14-26-22-15-25-12-9-21(22)23(28)29/h5-13,15,17,26H,2-4,14H2,1H3,(H,28,29)/t17-/m0/s1. The molecule has 148 valence electrons. The number of carbonyl (C=O) groups is 1. The molecule has 0 radical (unpaired) electrons. The summed E-state index contributed by atoms with van der Waals surface area (Å²) < 4.78 is 0. The molecular formula is C23H24N4O2. The summed E-state index contributed by atoms with van der Waals surface area (Å²) in [7, 11) is 2.06. The number of aromatic carboxylic acids is 1. The highest BCUT2D eigenvalue weighted by molar-refractivity contribution is 5.93. The molecule has 1 atom stereocenters. The number of fused-ring (bicyclic) bond motifs is 1. The topological polar surface area (TPSA) is 78.4 Å². The molecule has 0 fully saturated rings. The van der Waals surface area contributed by atoms with Gasteiger partial charge in [-0.25, -0.2) is 4.79 Å². The van der Waals surface area contributed by atoms with Crippen LogP contribution >= 0.6 is 0 Å². The van der Waals surface area contributed by atoms with Crippen LogP contribution in [0, 0.1) is 0 Å². The molecule has 2 N–H and O–H groups in total. The summed E-state index contributed by atoms with van der Waals surface area (Å²) in [5.41, 5.74) is 5.80. The minimum Gasteiger partial charge on any atom is -0.478 e. The van der Waals surface area contributed by atoms with Crippen molar-refractivity contribution in [3.05, 3.63) is 77.9 Å². The normalized spacial score (nSPS) is 15.4. The van der Waals surface area contributed by atoms with E-state index in [2.05, 4.69) is 45.4 Å². The molecule has 6 heteroatoms. The van der Waals surface area contributed by atoms with Gasteiger partial charge in [0.25, 0.3) is 0 Å². The van der Waals surface area contributed by atoms with Gasteiger partial charge in [0.05, 0.1) is 17.4 Å². The van der Waals surface area contributed by atoms with Crippen LogP contribution in [0.4, 0.5) is 17.1 Å². The van der Waals surface area contributed by atoms with E-state index in [-0.39, 0.29) is 5.56 Å². The van der Waals surface area contributed by atoms with Crippen LogP contribution in [0.25, 0.3) is 0 Å². The summed E-state index contributed by atoms with van der Waals surface area (Å²) in [6.45, 7) is 0.693. The van der Waals surface area contributed by atoms with E-state index in [4.69, 9.17) is 0 Å². The monoisotopic (exact) mass is 388 g/mol. The van der Waals surface area contributed by atoms with E-state index >= 15 is 0 Å². The van der Waals surface area contributed by atoms with Gasteiger partial charge >= 0.3 is 5.97 Å². The van der Waals surface area contributed by atoms with E-state index in [9.17, 15) is 9.90 Å². The molecular weight excluding hydrogens is 364 g/mol. The molecule has 0 amide bonds. The third kappa shape index (κ3) is 4.06. The van der Waals surface area contributed by atoms with Gasteiger partial charge in [0, 0.05) is 49.5 Å². The van der Waals surface area contributed by atoms with Gasteiger partial charge in [-0.05, 0) is 60.7 Å². The first kappa shape index (κ1) is 18.9. The maximum atomic E-state index is 11.4. The lowest BCUT2D eigenvalue weighted by Crippen LogP contribution is -2.20. The van der Waals surface area contributed by atoms with Crippen LogP contribution in [0.5, 0.6) is 0 Å². The van der Waals surface area contributed by atoms with Gasteiger partial charge < -0.3 is 15.3 Å². The van der Waals surface area contributed by atoms with Gasteiger partial charge in [-0.15, -0.1) is 0 Å². The first-order valence-corrected chi connectivity index (χ1v) is 9.81. The number of aromatic nitrogens is 2. The van der Waals surface area contributed by atoms with E-state index in [1.165, 1.54) is 23.4 Å². The van der Waals surface area contributed by atoms with Crippen molar-refractivity contribution >= 4 is 23.0 Å². The van der Waals surface area contributed by atoms with Gasteiger partial charge in [-0.2, -0.15) is 0 Å². The maximum absolute atomic E-state index is 11.4. The number of hydrogen-bond donors (Lipinski definition) is 2. The van der Waals surface area contributed by atoms with Crippen molar-refractivity contribution < 1.29 is 9.90 Å². The molecule has 0 unspecified atom stereocenters. The predicted molar refractivity (Wildman–Crippen MR) is 114 cm³/mol. The van der Waals surface area contributed by atoms with Crippen LogP contribution in [-0.2, 0) is 6.42 Å². The van der Waals surface area contributed by atoms with Crippen LogP contribution in [0.3, 0.4) is 0 Å². The number of pyridine rings is 2. The molecule has 3 aromatic rings. The van der Waals surface area contributed by atoms with Gasteiger partial charge in [0.1, 0.15) is 0 Å². The lowest BCUT2D eigenvalue weighted by atomic mass is 9.82. The third-order valence-corrected chi connectivity index (χ3v) is 5.59. The van der Waals surface area contributed by atoms with Gasteiger partial charge in [-0.1, -0.05) is 6.07 Å². The number of aryl methyl sites for hydroxylation is 1. The third-order valence-electron chi connectivity index (χ3n) is 5.59. The van der Waals surface area contributed by atoms with Crippen molar-refractivity contribution in [3.63, 3.8) is 0 Å². The predicted octanol–water partition coefficient (Wildman–Crippen LogP) is 4.47. The molecule has 0 bridgehead atoms. The highest BCUT2D eigenvalue weighted by atomic mass is 16.4. The largest absolute Gasteiger partial charge is 0.478 e. The zero-order chi connectivity index (χ0) is 20.2. The minimum absolute atomic E-state index is 0.255. The highest BCUT2D eigenvalue weighted by Crippen LogP contribution is 2.35.